The average Bonchev–Trinajstić information content (AvgIpc) is 2.70. The molecular formula is C20H24N2O5S2. The molecule has 2 aromatic carbocycles. The third-order valence-electron chi connectivity index (χ3n) is 5.07. The minimum atomic E-state index is -3.98. The van der Waals surface area contributed by atoms with Crippen molar-refractivity contribution in [3.8, 4) is 0 Å². The maximum absolute atomic E-state index is 12.7. The highest BCUT2D eigenvalue weighted by molar-refractivity contribution is 7.90. The lowest BCUT2D eigenvalue weighted by molar-refractivity contribution is -0.124. The van der Waals surface area contributed by atoms with Gasteiger partial charge >= 0.3 is 0 Å². The van der Waals surface area contributed by atoms with Crippen molar-refractivity contribution < 1.29 is 21.6 Å². The molecule has 3 rings (SSSR count). The number of carbonyl (C=O) groups is 1. The van der Waals surface area contributed by atoms with E-state index in [1.807, 2.05) is 0 Å². The summed E-state index contributed by atoms with van der Waals surface area (Å²) < 4.78 is 54.1. The molecule has 29 heavy (non-hydrogen) atoms. The van der Waals surface area contributed by atoms with E-state index < -0.39 is 31.9 Å². The van der Waals surface area contributed by atoms with Crippen LogP contribution in [0, 0.1) is 19.8 Å². The first kappa shape index (κ1) is 21.5. The van der Waals surface area contributed by atoms with E-state index in [9.17, 15) is 21.6 Å². The molecule has 9 heteroatoms. The van der Waals surface area contributed by atoms with Gasteiger partial charge in [-0.15, -0.1) is 0 Å². The van der Waals surface area contributed by atoms with Crippen LogP contribution in [0.4, 0.5) is 0 Å². The first-order chi connectivity index (χ1) is 13.6. The standard InChI is InChI=1S/C20H24N2O5S2/c1-15-8-9-16(2)19(14-15)28(24,25)21-20(23)17-10-12-22(13-11-17)29(26,27)18-6-4-3-5-7-18/h3-9,14,17H,10-13H2,1-2H3,(H,21,23). The van der Waals surface area contributed by atoms with Crippen LogP contribution in [0.25, 0.3) is 0 Å². The van der Waals surface area contributed by atoms with Gasteiger partial charge in [0.1, 0.15) is 0 Å². The normalized spacial score (nSPS) is 16.5. The van der Waals surface area contributed by atoms with Crippen molar-refractivity contribution in [2.24, 2.45) is 5.92 Å². The fourth-order valence-electron chi connectivity index (χ4n) is 3.37. The molecule has 1 amide bonds. The second-order valence-corrected chi connectivity index (χ2v) is 10.8. The van der Waals surface area contributed by atoms with Crippen LogP contribution in [0.15, 0.2) is 58.3 Å². The predicted molar refractivity (Wildman–Crippen MR) is 109 cm³/mol. The summed E-state index contributed by atoms with van der Waals surface area (Å²) >= 11 is 0. The predicted octanol–water partition coefficient (Wildman–Crippen LogP) is 2.21. The maximum Gasteiger partial charge on any atom is 0.264 e. The molecule has 7 nitrogen and oxygen atoms in total. The first-order valence-corrected chi connectivity index (χ1v) is 12.2. The van der Waals surface area contributed by atoms with Crippen LogP contribution in [-0.4, -0.2) is 40.1 Å². The molecule has 0 radical (unpaired) electrons. The minimum absolute atomic E-state index is 0.0786. The molecule has 156 valence electrons. The van der Waals surface area contributed by atoms with Crippen LogP contribution in [-0.2, 0) is 24.8 Å². The van der Waals surface area contributed by atoms with E-state index in [0.717, 1.165) is 5.56 Å². The summed E-state index contributed by atoms with van der Waals surface area (Å²) in [7, 11) is -7.59. The molecule has 0 bridgehead atoms. The Labute approximate surface area is 171 Å². The van der Waals surface area contributed by atoms with E-state index in [4.69, 9.17) is 0 Å². The van der Waals surface area contributed by atoms with E-state index in [0.29, 0.717) is 5.56 Å². The van der Waals surface area contributed by atoms with Crippen molar-refractivity contribution in [3.05, 3.63) is 59.7 Å². The number of aryl methyl sites for hydroxylation is 2. The van der Waals surface area contributed by atoms with E-state index in [-0.39, 0.29) is 35.7 Å². The summed E-state index contributed by atoms with van der Waals surface area (Å²) in [6, 6.07) is 13.2. The van der Waals surface area contributed by atoms with Gasteiger partial charge in [-0.25, -0.2) is 21.6 Å². The van der Waals surface area contributed by atoms with Crippen molar-refractivity contribution in [2.45, 2.75) is 36.5 Å². The van der Waals surface area contributed by atoms with Crippen molar-refractivity contribution in [1.82, 2.24) is 9.03 Å². The third kappa shape index (κ3) is 4.68. The highest BCUT2D eigenvalue weighted by atomic mass is 32.2. The molecule has 0 unspecified atom stereocenters. The molecular weight excluding hydrogens is 412 g/mol. The molecule has 1 saturated heterocycles. The van der Waals surface area contributed by atoms with Crippen molar-refractivity contribution in [1.29, 1.82) is 0 Å². The van der Waals surface area contributed by atoms with Crippen molar-refractivity contribution in [3.63, 3.8) is 0 Å². The smallest absolute Gasteiger partial charge is 0.264 e. The Balaban J connectivity index is 1.67. The number of nitrogens with zero attached hydrogens (tertiary/aromatic N) is 1. The number of rotatable bonds is 5. The molecule has 0 atom stereocenters. The molecule has 0 aromatic heterocycles. The van der Waals surface area contributed by atoms with Crippen molar-refractivity contribution >= 4 is 26.0 Å². The Kier molecular flexibility index (Phi) is 6.11. The maximum atomic E-state index is 12.7. The van der Waals surface area contributed by atoms with Gasteiger partial charge in [0.25, 0.3) is 10.0 Å². The molecule has 0 saturated carbocycles. The third-order valence-corrected chi connectivity index (χ3v) is 8.48. The summed E-state index contributed by atoms with van der Waals surface area (Å²) in [5, 5.41) is 0. The molecule has 1 fully saturated rings. The zero-order chi connectivity index (χ0) is 21.2. The fourth-order valence-corrected chi connectivity index (χ4v) is 6.23. The SMILES string of the molecule is Cc1ccc(C)c(S(=O)(=O)NC(=O)C2CCN(S(=O)(=O)c3ccccc3)CC2)c1. The first-order valence-electron chi connectivity index (χ1n) is 9.30. The Hall–Kier alpha value is -2.23. The molecule has 1 aliphatic heterocycles. The van der Waals surface area contributed by atoms with E-state index >= 15 is 0 Å². The molecule has 0 aliphatic carbocycles. The molecule has 0 spiro atoms. The minimum Gasteiger partial charge on any atom is -0.274 e. The van der Waals surface area contributed by atoms with Gasteiger partial charge in [-0.2, -0.15) is 4.31 Å². The zero-order valence-electron chi connectivity index (χ0n) is 16.3. The quantitative estimate of drug-likeness (QED) is 0.774. The molecule has 1 aliphatic rings. The molecule has 1 heterocycles. The van der Waals surface area contributed by atoms with Gasteiger partial charge in [0.05, 0.1) is 9.79 Å². The van der Waals surface area contributed by atoms with Gasteiger partial charge < -0.3 is 0 Å². The Morgan fingerprint density at radius 2 is 1.59 bits per heavy atom. The molecule has 1 N–H and O–H groups in total. The number of carbonyl (C=O) groups excluding carboxylic acids is 1. The summed E-state index contributed by atoms with van der Waals surface area (Å²) in [5.74, 6) is -1.15. The van der Waals surface area contributed by atoms with Gasteiger partial charge in [0.2, 0.25) is 15.9 Å². The van der Waals surface area contributed by atoms with Gasteiger partial charge in [-0.3, -0.25) is 4.79 Å². The number of piperidine rings is 1. The van der Waals surface area contributed by atoms with Gasteiger partial charge in [0.15, 0.2) is 0 Å². The fraction of sp³-hybridized carbons (Fsp3) is 0.350. The Morgan fingerprint density at radius 3 is 2.21 bits per heavy atom. The highest BCUT2D eigenvalue weighted by Crippen LogP contribution is 2.25. The molecule has 2 aromatic rings. The zero-order valence-corrected chi connectivity index (χ0v) is 18.0. The van der Waals surface area contributed by atoms with E-state index in [1.54, 1.807) is 44.2 Å². The van der Waals surface area contributed by atoms with Crippen LogP contribution in [0.3, 0.4) is 0 Å². The highest BCUT2D eigenvalue weighted by Gasteiger charge is 2.33. The number of hydrogen-bond acceptors (Lipinski definition) is 5. The lowest BCUT2D eigenvalue weighted by Crippen LogP contribution is -2.44. The lowest BCUT2D eigenvalue weighted by Gasteiger charge is -2.30. The number of sulfonamides is 2. The van der Waals surface area contributed by atoms with Gasteiger partial charge in [0, 0.05) is 19.0 Å². The van der Waals surface area contributed by atoms with Gasteiger partial charge in [-0.1, -0.05) is 30.3 Å². The summed E-state index contributed by atoms with van der Waals surface area (Å²) in [4.78, 5) is 12.8. The number of hydrogen-bond donors (Lipinski definition) is 1. The summed E-state index contributed by atoms with van der Waals surface area (Å²) in [6.07, 6.45) is 0.528. The van der Waals surface area contributed by atoms with E-state index in [2.05, 4.69) is 4.72 Å². The van der Waals surface area contributed by atoms with Gasteiger partial charge in [-0.05, 0) is 56.0 Å². The van der Waals surface area contributed by atoms with Crippen LogP contribution in [0.2, 0.25) is 0 Å². The second-order valence-electron chi connectivity index (χ2n) is 7.23. The number of amides is 1. The Bertz CT molecular complexity index is 1100. The van der Waals surface area contributed by atoms with Crippen LogP contribution < -0.4 is 4.72 Å². The van der Waals surface area contributed by atoms with Crippen LogP contribution in [0.5, 0.6) is 0 Å². The monoisotopic (exact) mass is 436 g/mol. The lowest BCUT2D eigenvalue weighted by atomic mass is 9.98. The summed E-state index contributed by atoms with van der Waals surface area (Å²) in [6.45, 7) is 3.78. The topological polar surface area (TPSA) is 101 Å². The number of benzene rings is 2. The average molecular weight is 437 g/mol. The number of nitrogens with one attached hydrogen (secondary N) is 1. The van der Waals surface area contributed by atoms with E-state index in [1.165, 1.54) is 22.5 Å². The van der Waals surface area contributed by atoms with Crippen LogP contribution in [0.1, 0.15) is 24.0 Å². The largest absolute Gasteiger partial charge is 0.274 e. The Morgan fingerprint density at radius 1 is 0.966 bits per heavy atom. The summed E-state index contributed by atoms with van der Waals surface area (Å²) in [5.41, 5.74) is 1.34. The second kappa shape index (κ2) is 8.25. The van der Waals surface area contributed by atoms with Crippen molar-refractivity contribution in [2.75, 3.05) is 13.1 Å². The van der Waals surface area contributed by atoms with Crippen LogP contribution >= 0.6 is 0 Å².